The van der Waals surface area contributed by atoms with Crippen LogP contribution in [0.2, 0.25) is 0 Å². The molecule has 0 atom stereocenters. The molecule has 0 unspecified atom stereocenters. The summed E-state index contributed by atoms with van der Waals surface area (Å²) in [7, 11) is 0. The Balaban J connectivity index is 1.02. The van der Waals surface area contributed by atoms with Crippen LogP contribution in [0.4, 0.5) is 17.1 Å². The summed E-state index contributed by atoms with van der Waals surface area (Å²) in [5, 5.41) is 4.61. The van der Waals surface area contributed by atoms with Crippen LogP contribution in [-0.4, -0.2) is 4.57 Å². The first-order valence-electron chi connectivity index (χ1n) is 22.0. The van der Waals surface area contributed by atoms with Crippen molar-refractivity contribution in [1.82, 2.24) is 4.57 Å². The minimum atomic E-state index is -0.523. The Morgan fingerprint density at radius 3 is 1.75 bits per heavy atom. The predicted molar refractivity (Wildman–Crippen MR) is 265 cm³/mol. The molecule has 1 aliphatic rings. The van der Waals surface area contributed by atoms with Crippen molar-refractivity contribution in [1.29, 1.82) is 0 Å². The van der Waals surface area contributed by atoms with E-state index in [1.54, 1.807) is 0 Å². The Kier molecular flexibility index (Phi) is 8.13. The molecular weight excluding hydrogens is 777 g/mol. The molecule has 10 aromatic carbocycles. The van der Waals surface area contributed by atoms with Crippen LogP contribution in [0.5, 0.6) is 0 Å². The second kappa shape index (κ2) is 14.3. The van der Waals surface area contributed by atoms with Gasteiger partial charge in [-0.3, -0.25) is 0 Å². The Bertz CT molecular complexity index is 3680. The summed E-state index contributed by atoms with van der Waals surface area (Å²) in [5.74, 6) is 0. The zero-order valence-electron chi connectivity index (χ0n) is 34.9. The molecule has 0 bridgehead atoms. The molecule has 64 heavy (non-hydrogen) atoms. The number of hydrogen-bond acceptors (Lipinski definition) is 2. The smallest absolute Gasteiger partial charge is 0.137 e. The second-order valence-corrected chi connectivity index (χ2v) is 16.8. The highest BCUT2D eigenvalue weighted by Crippen LogP contribution is 2.57. The first-order valence-corrected chi connectivity index (χ1v) is 22.0. The van der Waals surface area contributed by atoms with Gasteiger partial charge in [0.05, 0.1) is 27.5 Å². The van der Waals surface area contributed by atoms with Crippen LogP contribution < -0.4 is 4.90 Å². The zero-order chi connectivity index (χ0) is 42.2. The molecule has 0 amide bonds. The molecule has 0 fully saturated rings. The van der Waals surface area contributed by atoms with E-state index in [-0.39, 0.29) is 0 Å². The monoisotopic (exact) mass is 816 g/mol. The van der Waals surface area contributed by atoms with Gasteiger partial charge in [0.15, 0.2) is 0 Å². The van der Waals surface area contributed by atoms with E-state index in [4.69, 9.17) is 4.42 Å². The highest BCUT2D eigenvalue weighted by Gasteiger charge is 2.46. The van der Waals surface area contributed by atoms with E-state index in [1.165, 1.54) is 55.2 Å². The molecule has 2 aromatic heterocycles. The van der Waals surface area contributed by atoms with Crippen LogP contribution in [0.25, 0.3) is 71.7 Å². The van der Waals surface area contributed by atoms with Crippen LogP contribution in [-0.2, 0) is 5.41 Å². The fourth-order valence-electron chi connectivity index (χ4n) is 10.8. The van der Waals surface area contributed by atoms with Crippen molar-refractivity contribution in [2.75, 3.05) is 4.90 Å². The molecule has 300 valence electrons. The number of aromatic nitrogens is 1. The van der Waals surface area contributed by atoms with Crippen molar-refractivity contribution in [3.63, 3.8) is 0 Å². The topological polar surface area (TPSA) is 21.3 Å². The average molecular weight is 817 g/mol. The summed E-state index contributed by atoms with van der Waals surface area (Å²) in [6, 6.07) is 88.2. The molecule has 0 spiro atoms. The van der Waals surface area contributed by atoms with Crippen LogP contribution in [0.15, 0.2) is 247 Å². The van der Waals surface area contributed by atoms with Crippen LogP contribution in [0.3, 0.4) is 0 Å². The molecule has 13 rings (SSSR count). The number of hydrogen-bond donors (Lipinski definition) is 0. The minimum absolute atomic E-state index is 0.523. The van der Waals surface area contributed by atoms with E-state index in [9.17, 15) is 0 Å². The summed E-state index contributed by atoms with van der Waals surface area (Å²) < 4.78 is 9.09. The van der Waals surface area contributed by atoms with Crippen molar-refractivity contribution in [2.45, 2.75) is 5.41 Å². The SMILES string of the molecule is c1ccc(N(c2ccc3c(c2)C(c2ccccc2)(c2ccccc2)c2ccccc2-3)c2cccc3oc4ccc(-c5ccc6c(c5)c5ccccc5n6-c5ccccc5)cc4c23)cc1. The molecule has 0 radical (unpaired) electrons. The number of nitrogens with zero attached hydrogens (tertiary/aromatic N) is 2. The van der Waals surface area contributed by atoms with Gasteiger partial charge in [-0.2, -0.15) is 0 Å². The third-order valence-corrected chi connectivity index (χ3v) is 13.4. The highest BCUT2D eigenvalue weighted by molar-refractivity contribution is 6.15. The summed E-state index contributed by atoms with van der Waals surface area (Å²) >= 11 is 0. The lowest BCUT2D eigenvalue weighted by Crippen LogP contribution is -2.28. The highest BCUT2D eigenvalue weighted by atomic mass is 16.3. The zero-order valence-corrected chi connectivity index (χ0v) is 34.9. The molecule has 3 heteroatoms. The van der Waals surface area contributed by atoms with Gasteiger partial charge in [-0.25, -0.2) is 0 Å². The molecule has 1 aliphatic carbocycles. The Morgan fingerprint density at radius 2 is 0.984 bits per heavy atom. The normalized spacial score (nSPS) is 12.8. The first-order chi connectivity index (χ1) is 31.8. The number of fused-ring (bicyclic) bond motifs is 9. The summed E-state index contributed by atoms with van der Waals surface area (Å²) in [6.07, 6.45) is 0. The van der Waals surface area contributed by atoms with Crippen molar-refractivity contribution in [3.05, 3.63) is 265 Å². The van der Waals surface area contributed by atoms with Crippen molar-refractivity contribution in [3.8, 4) is 27.9 Å². The van der Waals surface area contributed by atoms with Crippen LogP contribution in [0.1, 0.15) is 22.3 Å². The van der Waals surface area contributed by atoms with Crippen molar-refractivity contribution in [2.24, 2.45) is 0 Å². The molecule has 3 nitrogen and oxygen atoms in total. The van der Waals surface area contributed by atoms with E-state index in [0.29, 0.717) is 0 Å². The first kappa shape index (κ1) is 36.3. The minimum Gasteiger partial charge on any atom is -0.456 e. The van der Waals surface area contributed by atoms with Gasteiger partial charge >= 0.3 is 0 Å². The van der Waals surface area contributed by atoms with E-state index < -0.39 is 5.41 Å². The standard InChI is InChI=1S/C61H40N2O/c1-5-18-43(19-6-1)61(44-20-7-2-8-21-44)53-28-15-13-26-48(53)49-35-34-47(40-54(49)61)62(45-22-9-3-10-23-45)57-30-17-31-59-60(57)52-39-42(33-37-58(52)64-59)41-32-36-56-51(38-41)50-27-14-16-29-55(50)63(56)46-24-11-4-12-25-46/h1-40H. The van der Waals surface area contributed by atoms with Gasteiger partial charge < -0.3 is 13.9 Å². The van der Waals surface area contributed by atoms with Crippen molar-refractivity contribution >= 4 is 60.8 Å². The molecule has 0 saturated carbocycles. The maximum absolute atomic E-state index is 6.72. The predicted octanol–water partition coefficient (Wildman–Crippen LogP) is 16.2. The maximum atomic E-state index is 6.72. The third-order valence-electron chi connectivity index (χ3n) is 13.4. The number of benzene rings is 10. The maximum Gasteiger partial charge on any atom is 0.137 e. The van der Waals surface area contributed by atoms with E-state index >= 15 is 0 Å². The molecule has 0 saturated heterocycles. The Labute approximate surface area is 371 Å². The van der Waals surface area contributed by atoms with E-state index in [2.05, 4.69) is 252 Å². The van der Waals surface area contributed by atoms with Gasteiger partial charge in [0.2, 0.25) is 0 Å². The van der Waals surface area contributed by atoms with Crippen LogP contribution >= 0.6 is 0 Å². The lowest BCUT2D eigenvalue weighted by molar-refractivity contribution is 0.669. The lowest BCUT2D eigenvalue weighted by atomic mass is 9.67. The molecule has 0 N–H and O–H groups in total. The van der Waals surface area contributed by atoms with Gasteiger partial charge in [0.1, 0.15) is 11.2 Å². The van der Waals surface area contributed by atoms with E-state index in [1.807, 2.05) is 0 Å². The second-order valence-electron chi connectivity index (χ2n) is 16.8. The number of anilines is 3. The largest absolute Gasteiger partial charge is 0.456 e. The molecule has 12 aromatic rings. The fraction of sp³-hybridized carbons (Fsp3) is 0.0164. The van der Waals surface area contributed by atoms with Gasteiger partial charge in [-0.05, 0) is 123 Å². The molecule has 0 aliphatic heterocycles. The number of furan rings is 1. The quantitative estimate of drug-likeness (QED) is 0.160. The fourth-order valence-corrected chi connectivity index (χ4v) is 10.8. The summed E-state index contributed by atoms with van der Waals surface area (Å²) in [6.45, 7) is 0. The van der Waals surface area contributed by atoms with Gasteiger partial charge in [0.25, 0.3) is 0 Å². The van der Waals surface area contributed by atoms with Gasteiger partial charge in [-0.1, -0.05) is 164 Å². The summed E-state index contributed by atoms with van der Waals surface area (Å²) in [5.41, 5.74) is 17.8. The van der Waals surface area contributed by atoms with E-state index in [0.717, 1.165) is 55.8 Å². The molecule has 2 heterocycles. The van der Waals surface area contributed by atoms with Crippen LogP contribution in [0, 0.1) is 0 Å². The lowest BCUT2D eigenvalue weighted by Gasteiger charge is -2.35. The molecular formula is C61H40N2O. The Morgan fingerprint density at radius 1 is 0.375 bits per heavy atom. The number of para-hydroxylation sites is 3. The summed E-state index contributed by atoms with van der Waals surface area (Å²) in [4.78, 5) is 2.42. The average Bonchev–Trinajstić information content (AvgIpc) is 4.01. The third kappa shape index (κ3) is 5.34. The van der Waals surface area contributed by atoms with Gasteiger partial charge in [-0.15, -0.1) is 0 Å². The van der Waals surface area contributed by atoms with Gasteiger partial charge in [0, 0.05) is 33.2 Å². The number of rotatable bonds is 7. The van der Waals surface area contributed by atoms with Crippen molar-refractivity contribution < 1.29 is 4.42 Å². The Hall–Kier alpha value is -8.40.